The number of carbonyl (C=O) groups excluding carboxylic acids is 1. The fourth-order valence-electron chi connectivity index (χ4n) is 1.70. The van der Waals surface area contributed by atoms with Crippen LogP contribution in [0.25, 0.3) is 0 Å². The molecule has 2 atom stereocenters. The molecule has 0 amide bonds. The number of hydrogen-bond acceptors (Lipinski definition) is 1. The number of hydrogen-bond donors (Lipinski definition) is 0. The van der Waals surface area contributed by atoms with Gasteiger partial charge in [-0.1, -0.05) is 0 Å². The van der Waals surface area contributed by atoms with Crippen molar-refractivity contribution in [2.75, 3.05) is 20.6 Å². The van der Waals surface area contributed by atoms with E-state index in [1.165, 1.54) is 0 Å². The molecule has 64 valence electrons. The first-order chi connectivity index (χ1) is 4.95. The fourth-order valence-corrected chi connectivity index (χ4v) is 1.70. The first-order valence-electron chi connectivity index (χ1n) is 4.30. The minimum absolute atomic E-state index is 0.249. The highest BCUT2D eigenvalue weighted by Crippen LogP contribution is 2.23. The second kappa shape index (κ2) is 2.59. The zero-order chi connectivity index (χ0) is 8.65. The number of quaternary nitrogens is 1. The van der Waals surface area contributed by atoms with Crippen LogP contribution in [0.5, 0.6) is 0 Å². The molecule has 0 N–H and O–H groups in total. The third-order valence-corrected chi connectivity index (χ3v) is 3.27. The van der Waals surface area contributed by atoms with Gasteiger partial charge < -0.3 is 4.48 Å². The van der Waals surface area contributed by atoms with Crippen LogP contribution in [-0.2, 0) is 4.79 Å². The average Bonchev–Trinajstić information content (AvgIpc) is 1.95. The lowest BCUT2D eigenvalue weighted by Gasteiger charge is -2.42. The smallest absolute Gasteiger partial charge is 0.147 e. The minimum Gasteiger partial charge on any atom is -0.325 e. The first-order valence-corrected chi connectivity index (χ1v) is 4.30. The van der Waals surface area contributed by atoms with E-state index >= 15 is 0 Å². The molecule has 1 heterocycles. The molecule has 0 unspecified atom stereocenters. The predicted octanol–water partition coefficient (Wildman–Crippen LogP) is 1.06. The number of likely N-dealkylation sites (tertiary alicyclic amines) is 1. The molecule has 0 saturated carbocycles. The summed E-state index contributed by atoms with van der Waals surface area (Å²) in [5.41, 5.74) is 0. The maximum atomic E-state index is 11.3. The molecular formula is C9H18NO+. The summed E-state index contributed by atoms with van der Waals surface area (Å²) >= 11 is 0. The van der Waals surface area contributed by atoms with Gasteiger partial charge >= 0.3 is 0 Å². The van der Waals surface area contributed by atoms with Crippen molar-refractivity contribution < 1.29 is 9.28 Å². The third kappa shape index (κ3) is 1.45. The fraction of sp³-hybridized carbons (Fsp3) is 0.889. The number of carbonyl (C=O) groups is 1. The second-order valence-corrected chi connectivity index (χ2v) is 4.25. The Bertz CT molecular complexity index is 174. The number of piperidine rings is 1. The second-order valence-electron chi connectivity index (χ2n) is 4.25. The Labute approximate surface area is 68.8 Å². The van der Waals surface area contributed by atoms with Crippen molar-refractivity contribution in [3.8, 4) is 0 Å². The van der Waals surface area contributed by atoms with Gasteiger partial charge in [0.25, 0.3) is 0 Å². The van der Waals surface area contributed by atoms with Crippen LogP contribution in [0.2, 0.25) is 0 Å². The third-order valence-electron chi connectivity index (χ3n) is 3.27. The van der Waals surface area contributed by atoms with Crippen LogP contribution in [0.15, 0.2) is 0 Å². The van der Waals surface area contributed by atoms with Gasteiger partial charge in [0.1, 0.15) is 5.78 Å². The minimum atomic E-state index is 0.249. The molecule has 0 radical (unpaired) electrons. The number of rotatable bonds is 0. The summed E-state index contributed by atoms with van der Waals surface area (Å²) < 4.78 is 0.993. The van der Waals surface area contributed by atoms with E-state index in [0.717, 1.165) is 17.4 Å². The Balaban J connectivity index is 2.75. The van der Waals surface area contributed by atoms with Crippen LogP contribution in [0, 0.1) is 5.92 Å². The normalized spacial score (nSPS) is 37.3. The van der Waals surface area contributed by atoms with E-state index in [2.05, 4.69) is 21.0 Å². The van der Waals surface area contributed by atoms with Crippen molar-refractivity contribution in [1.82, 2.24) is 0 Å². The molecule has 0 bridgehead atoms. The highest BCUT2D eigenvalue weighted by molar-refractivity contribution is 5.81. The monoisotopic (exact) mass is 156 g/mol. The molecule has 2 heteroatoms. The SMILES string of the molecule is C[C@@H]1[C@@H](C)C(=O)CC[N+]1(C)C. The van der Waals surface area contributed by atoms with Crippen molar-refractivity contribution in [2.45, 2.75) is 26.3 Å². The van der Waals surface area contributed by atoms with Gasteiger partial charge in [0.15, 0.2) is 0 Å². The maximum absolute atomic E-state index is 11.3. The van der Waals surface area contributed by atoms with E-state index in [-0.39, 0.29) is 5.92 Å². The van der Waals surface area contributed by atoms with Gasteiger partial charge in [-0.15, -0.1) is 0 Å². The van der Waals surface area contributed by atoms with Crippen molar-refractivity contribution in [1.29, 1.82) is 0 Å². The van der Waals surface area contributed by atoms with Crippen LogP contribution >= 0.6 is 0 Å². The summed E-state index contributed by atoms with van der Waals surface area (Å²) in [7, 11) is 4.40. The Morgan fingerprint density at radius 3 is 2.36 bits per heavy atom. The molecule has 1 aliphatic rings. The van der Waals surface area contributed by atoms with Crippen LogP contribution in [0.1, 0.15) is 20.3 Å². The lowest BCUT2D eigenvalue weighted by atomic mass is 9.89. The standard InChI is InChI=1S/C9H18NO/c1-7-8(2)10(3,4)6-5-9(7)11/h7-8H,5-6H2,1-4H3/q+1/t7-,8-/m1/s1. The van der Waals surface area contributed by atoms with Crippen LogP contribution in [0.4, 0.5) is 0 Å². The van der Waals surface area contributed by atoms with Crippen molar-refractivity contribution in [3.05, 3.63) is 0 Å². The maximum Gasteiger partial charge on any atom is 0.147 e. The molecule has 0 spiro atoms. The van der Waals surface area contributed by atoms with Crippen molar-refractivity contribution >= 4 is 5.78 Å². The lowest BCUT2D eigenvalue weighted by molar-refractivity contribution is -0.917. The molecule has 0 aliphatic carbocycles. The number of nitrogens with zero attached hydrogens (tertiary/aromatic N) is 1. The Morgan fingerprint density at radius 2 is 1.91 bits per heavy atom. The van der Waals surface area contributed by atoms with E-state index in [0.29, 0.717) is 11.8 Å². The van der Waals surface area contributed by atoms with E-state index in [1.807, 2.05) is 6.92 Å². The van der Waals surface area contributed by atoms with Crippen LogP contribution in [-0.4, -0.2) is 36.9 Å². The summed E-state index contributed by atoms with van der Waals surface area (Å²) in [6, 6.07) is 0.483. The highest BCUT2D eigenvalue weighted by Gasteiger charge is 2.37. The van der Waals surface area contributed by atoms with Crippen LogP contribution in [0.3, 0.4) is 0 Å². The predicted molar refractivity (Wildman–Crippen MR) is 45.2 cm³/mol. The summed E-state index contributed by atoms with van der Waals surface area (Å²) in [6.07, 6.45) is 0.762. The summed E-state index contributed by atoms with van der Waals surface area (Å²) in [5.74, 6) is 0.689. The Kier molecular flexibility index (Phi) is 2.06. The zero-order valence-electron chi connectivity index (χ0n) is 7.92. The molecular weight excluding hydrogens is 138 g/mol. The van der Waals surface area contributed by atoms with Gasteiger partial charge in [-0.3, -0.25) is 4.79 Å². The highest BCUT2D eigenvalue weighted by atomic mass is 16.1. The Morgan fingerprint density at radius 1 is 1.36 bits per heavy atom. The van der Waals surface area contributed by atoms with E-state index in [4.69, 9.17) is 0 Å². The summed E-state index contributed by atoms with van der Waals surface area (Å²) in [6.45, 7) is 5.22. The summed E-state index contributed by atoms with van der Waals surface area (Å²) in [4.78, 5) is 11.3. The zero-order valence-corrected chi connectivity index (χ0v) is 7.92. The first kappa shape index (κ1) is 8.72. The van der Waals surface area contributed by atoms with E-state index in [1.54, 1.807) is 0 Å². The number of Topliss-reactive ketones (excluding diaryl/α,β-unsaturated/α-hetero) is 1. The lowest BCUT2D eigenvalue weighted by Crippen LogP contribution is -2.56. The molecule has 11 heavy (non-hydrogen) atoms. The van der Waals surface area contributed by atoms with Crippen molar-refractivity contribution in [2.24, 2.45) is 5.92 Å². The molecule has 1 rings (SSSR count). The molecule has 2 nitrogen and oxygen atoms in total. The van der Waals surface area contributed by atoms with Gasteiger partial charge in [0.05, 0.1) is 39.0 Å². The molecule has 1 fully saturated rings. The van der Waals surface area contributed by atoms with Gasteiger partial charge in [0.2, 0.25) is 0 Å². The summed E-state index contributed by atoms with van der Waals surface area (Å²) in [5, 5.41) is 0. The Hall–Kier alpha value is -0.370. The largest absolute Gasteiger partial charge is 0.325 e. The van der Waals surface area contributed by atoms with Crippen LogP contribution < -0.4 is 0 Å². The topological polar surface area (TPSA) is 17.1 Å². The molecule has 0 aromatic rings. The number of ketones is 1. The van der Waals surface area contributed by atoms with Gasteiger partial charge in [-0.25, -0.2) is 0 Å². The molecule has 1 aliphatic heterocycles. The average molecular weight is 156 g/mol. The molecule has 0 aromatic carbocycles. The van der Waals surface area contributed by atoms with E-state index in [9.17, 15) is 4.79 Å². The van der Waals surface area contributed by atoms with Gasteiger partial charge in [-0.05, 0) is 13.8 Å². The molecule has 1 saturated heterocycles. The van der Waals surface area contributed by atoms with E-state index < -0.39 is 0 Å². The van der Waals surface area contributed by atoms with Gasteiger partial charge in [0, 0.05) is 0 Å². The molecule has 0 aromatic heterocycles. The van der Waals surface area contributed by atoms with Crippen molar-refractivity contribution in [3.63, 3.8) is 0 Å². The quantitative estimate of drug-likeness (QED) is 0.479. The van der Waals surface area contributed by atoms with Gasteiger partial charge in [-0.2, -0.15) is 0 Å².